The smallest absolute Gasteiger partial charge is 0.233 e. The van der Waals surface area contributed by atoms with Gasteiger partial charge in [0, 0.05) is 24.5 Å². The predicted octanol–water partition coefficient (Wildman–Crippen LogP) is 1.99. The van der Waals surface area contributed by atoms with E-state index in [1.807, 2.05) is 6.07 Å². The number of anilines is 1. The maximum absolute atomic E-state index is 12.3. The standard InChI is InChI=1S/C15H20N4O3S4/c1-19(11-5-8-26(21,22)10-11)13(20)9-24-15-18-17-14(25-15)16-6-4-12-3-2-7-23-12/h2-3,7,11H,4-6,8-10H2,1H3,(H,16,17)/t11-/m0/s1. The van der Waals surface area contributed by atoms with Gasteiger partial charge in [-0.15, -0.1) is 21.5 Å². The van der Waals surface area contributed by atoms with Crippen LogP contribution in [-0.4, -0.2) is 66.3 Å². The lowest BCUT2D eigenvalue weighted by atomic mass is 10.2. The van der Waals surface area contributed by atoms with Crippen molar-refractivity contribution in [2.24, 2.45) is 0 Å². The van der Waals surface area contributed by atoms with Crippen LogP contribution in [0.1, 0.15) is 11.3 Å². The van der Waals surface area contributed by atoms with Gasteiger partial charge in [0.1, 0.15) is 0 Å². The Morgan fingerprint density at radius 3 is 3.00 bits per heavy atom. The van der Waals surface area contributed by atoms with Crippen LogP contribution in [0.5, 0.6) is 0 Å². The Hall–Kier alpha value is -1.17. The van der Waals surface area contributed by atoms with Crippen molar-refractivity contribution in [2.45, 2.75) is 23.2 Å². The number of rotatable bonds is 8. The number of nitrogens with zero attached hydrogens (tertiary/aromatic N) is 3. The van der Waals surface area contributed by atoms with Crippen LogP contribution in [0.3, 0.4) is 0 Å². The molecule has 0 bridgehead atoms. The van der Waals surface area contributed by atoms with Gasteiger partial charge in [-0.05, 0) is 24.3 Å². The number of carbonyl (C=O) groups excluding carboxylic acids is 1. The van der Waals surface area contributed by atoms with Crippen LogP contribution in [0, 0.1) is 0 Å². The molecule has 1 saturated heterocycles. The first-order valence-electron chi connectivity index (χ1n) is 8.11. The van der Waals surface area contributed by atoms with E-state index >= 15 is 0 Å². The third-order valence-electron chi connectivity index (χ3n) is 4.10. The van der Waals surface area contributed by atoms with E-state index < -0.39 is 9.84 Å². The number of nitrogens with one attached hydrogen (secondary N) is 1. The number of thiophene rings is 1. The molecule has 1 aliphatic heterocycles. The highest BCUT2D eigenvalue weighted by molar-refractivity contribution is 8.01. The van der Waals surface area contributed by atoms with Gasteiger partial charge >= 0.3 is 0 Å². The summed E-state index contributed by atoms with van der Waals surface area (Å²) in [5, 5.41) is 14.2. The van der Waals surface area contributed by atoms with Crippen LogP contribution >= 0.6 is 34.4 Å². The highest BCUT2D eigenvalue weighted by atomic mass is 32.2. The van der Waals surface area contributed by atoms with E-state index in [1.54, 1.807) is 23.3 Å². The molecular formula is C15H20N4O3S4. The summed E-state index contributed by atoms with van der Waals surface area (Å²) in [6.07, 6.45) is 1.46. The molecule has 1 fully saturated rings. The molecule has 3 heterocycles. The molecule has 7 nitrogen and oxygen atoms in total. The van der Waals surface area contributed by atoms with Gasteiger partial charge in [0.2, 0.25) is 11.0 Å². The zero-order valence-corrected chi connectivity index (χ0v) is 17.5. The van der Waals surface area contributed by atoms with Crippen molar-refractivity contribution >= 4 is 55.3 Å². The molecule has 26 heavy (non-hydrogen) atoms. The van der Waals surface area contributed by atoms with Gasteiger partial charge in [-0.2, -0.15) is 0 Å². The largest absolute Gasteiger partial charge is 0.360 e. The summed E-state index contributed by atoms with van der Waals surface area (Å²) in [4.78, 5) is 15.1. The van der Waals surface area contributed by atoms with E-state index in [-0.39, 0.29) is 29.2 Å². The fraction of sp³-hybridized carbons (Fsp3) is 0.533. The number of sulfone groups is 1. The molecule has 3 rings (SSSR count). The van der Waals surface area contributed by atoms with E-state index in [0.29, 0.717) is 6.42 Å². The van der Waals surface area contributed by atoms with Crippen molar-refractivity contribution in [3.8, 4) is 0 Å². The number of thioether (sulfide) groups is 1. The van der Waals surface area contributed by atoms with E-state index in [4.69, 9.17) is 0 Å². The fourth-order valence-electron chi connectivity index (χ4n) is 2.60. The van der Waals surface area contributed by atoms with E-state index in [0.717, 1.165) is 22.4 Å². The monoisotopic (exact) mass is 432 g/mol. The molecule has 1 N–H and O–H groups in total. The molecule has 0 spiro atoms. The van der Waals surface area contributed by atoms with Crippen molar-refractivity contribution < 1.29 is 13.2 Å². The molecular weight excluding hydrogens is 412 g/mol. The first-order chi connectivity index (χ1) is 12.4. The van der Waals surface area contributed by atoms with Crippen molar-refractivity contribution in [1.29, 1.82) is 0 Å². The summed E-state index contributed by atoms with van der Waals surface area (Å²) in [6.45, 7) is 0.789. The summed E-state index contributed by atoms with van der Waals surface area (Å²) >= 11 is 4.49. The summed E-state index contributed by atoms with van der Waals surface area (Å²) < 4.78 is 23.8. The van der Waals surface area contributed by atoms with Crippen molar-refractivity contribution in [3.05, 3.63) is 22.4 Å². The Bertz CT molecular complexity index is 835. The number of aromatic nitrogens is 2. The van der Waals surface area contributed by atoms with Gasteiger partial charge in [0.05, 0.1) is 17.3 Å². The van der Waals surface area contributed by atoms with Gasteiger partial charge < -0.3 is 10.2 Å². The van der Waals surface area contributed by atoms with E-state index in [9.17, 15) is 13.2 Å². The van der Waals surface area contributed by atoms with Crippen LogP contribution in [0.25, 0.3) is 0 Å². The highest BCUT2D eigenvalue weighted by Gasteiger charge is 2.32. The number of carbonyl (C=O) groups is 1. The van der Waals surface area contributed by atoms with Gasteiger partial charge in [-0.3, -0.25) is 4.79 Å². The van der Waals surface area contributed by atoms with Gasteiger partial charge in [-0.1, -0.05) is 29.2 Å². The maximum Gasteiger partial charge on any atom is 0.233 e. The van der Waals surface area contributed by atoms with Crippen LogP contribution in [-0.2, 0) is 21.1 Å². The number of hydrogen-bond acceptors (Lipinski definition) is 9. The summed E-state index contributed by atoms with van der Waals surface area (Å²) in [5.41, 5.74) is 0. The van der Waals surface area contributed by atoms with E-state index in [1.165, 1.54) is 28.0 Å². The first kappa shape index (κ1) is 19.6. The molecule has 0 aromatic carbocycles. The minimum absolute atomic E-state index is 0.0665. The first-order valence-corrected chi connectivity index (χ1v) is 12.6. The minimum Gasteiger partial charge on any atom is -0.360 e. The molecule has 1 aliphatic rings. The molecule has 1 amide bonds. The van der Waals surface area contributed by atoms with Crippen molar-refractivity contribution in [3.63, 3.8) is 0 Å². The predicted molar refractivity (Wildman–Crippen MR) is 107 cm³/mol. The van der Waals surface area contributed by atoms with Crippen LogP contribution < -0.4 is 5.32 Å². The molecule has 142 valence electrons. The summed E-state index contributed by atoms with van der Waals surface area (Å²) in [5.74, 6) is 0.382. The second kappa shape index (κ2) is 8.68. The molecule has 0 saturated carbocycles. The second-order valence-corrected chi connectivity index (χ2v) is 11.4. The van der Waals surface area contributed by atoms with Gasteiger partial charge in [0.25, 0.3) is 0 Å². The Kier molecular flexibility index (Phi) is 6.54. The SMILES string of the molecule is CN(C(=O)CSc1nnc(NCCc2cccs2)s1)[C@H]1CCS(=O)(=O)C1. The Balaban J connectivity index is 1.41. The molecule has 1 atom stereocenters. The Labute approximate surface area is 165 Å². The van der Waals surface area contributed by atoms with Crippen molar-refractivity contribution in [1.82, 2.24) is 15.1 Å². The van der Waals surface area contributed by atoms with Gasteiger partial charge in [0.15, 0.2) is 14.2 Å². The third kappa shape index (κ3) is 5.41. The molecule has 0 aliphatic carbocycles. The molecule has 2 aromatic heterocycles. The topological polar surface area (TPSA) is 92.3 Å². The van der Waals surface area contributed by atoms with Crippen LogP contribution in [0.2, 0.25) is 0 Å². The lowest BCUT2D eigenvalue weighted by Crippen LogP contribution is -2.38. The Morgan fingerprint density at radius 1 is 1.46 bits per heavy atom. The summed E-state index contributed by atoms with van der Waals surface area (Å²) in [6, 6.07) is 3.93. The minimum atomic E-state index is -2.99. The number of hydrogen-bond donors (Lipinski definition) is 1. The lowest BCUT2D eigenvalue weighted by molar-refractivity contribution is -0.128. The fourth-order valence-corrected chi connectivity index (χ4v) is 6.78. The molecule has 0 radical (unpaired) electrons. The quantitative estimate of drug-likeness (QED) is 0.638. The van der Waals surface area contributed by atoms with E-state index in [2.05, 4.69) is 27.0 Å². The second-order valence-electron chi connectivity index (χ2n) is 5.98. The van der Waals surface area contributed by atoms with Crippen LogP contribution in [0.4, 0.5) is 5.13 Å². The third-order valence-corrected chi connectivity index (χ3v) is 8.79. The zero-order valence-electron chi connectivity index (χ0n) is 14.3. The molecule has 2 aromatic rings. The molecule has 11 heteroatoms. The van der Waals surface area contributed by atoms with Crippen LogP contribution in [0.15, 0.2) is 21.9 Å². The van der Waals surface area contributed by atoms with Gasteiger partial charge in [-0.25, -0.2) is 8.42 Å². The maximum atomic E-state index is 12.3. The highest BCUT2D eigenvalue weighted by Crippen LogP contribution is 2.26. The molecule has 0 unspecified atom stereocenters. The Morgan fingerprint density at radius 2 is 2.31 bits per heavy atom. The summed E-state index contributed by atoms with van der Waals surface area (Å²) in [7, 11) is -1.32. The normalized spacial score (nSPS) is 18.7. The zero-order chi connectivity index (χ0) is 18.6. The number of amides is 1. The lowest BCUT2D eigenvalue weighted by Gasteiger charge is -2.22. The average Bonchev–Trinajstić information content (AvgIpc) is 3.33. The van der Waals surface area contributed by atoms with Crippen molar-refractivity contribution in [2.75, 3.05) is 36.2 Å². The average molecular weight is 433 g/mol.